The number of carbonyl (C=O) groups excluding carboxylic acids is 1. The molecule has 0 aliphatic carbocycles. The number of amides is 1. The number of hydrogen-bond acceptors (Lipinski definition) is 4. The minimum atomic E-state index is -0.0342. The van der Waals surface area contributed by atoms with Crippen LogP contribution in [0.15, 0.2) is 78.1 Å². The fourth-order valence-electron chi connectivity index (χ4n) is 3.21. The zero-order valence-electron chi connectivity index (χ0n) is 16.9. The first-order chi connectivity index (χ1) is 14.7. The van der Waals surface area contributed by atoms with Gasteiger partial charge in [0.05, 0.1) is 0 Å². The zero-order chi connectivity index (χ0) is 20.8. The lowest BCUT2D eigenvalue weighted by Gasteiger charge is -2.09. The molecule has 0 radical (unpaired) electrons. The van der Waals surface area contributed by atoms with E-state index in [1.54, 1.807) is 18.0 Å². The molecular formula is C24H24N4OS. The van der Waals surface area contributed by atoms with Crippen LogP contribution < -0.4 is 5.32 Å². The molecule has 0 unspecified atom stereocenters. The van der Waals surface area contributed by atoms with Gasteiger partial charge >= 0.3 is 0 Å². The highest BCUT2D eigenvalue weighted by molar-refractivity contribution is 7.98. The Balaban J connectivity index is 1.44. The van der Waals surface area contributed by atoms with Gasteiger partial charge in [0.1, 0.15) is 12.1 Å². The van der Waals surface area contributed by atoms with Crippen LogP contribution in [-0.2, 0) is 23.5 Å². The van der Waals surface area contributed by atoms with Gasteiger partial charge in [-0.1, -0.05) is 71.9 Å². The summed E-state index contributed by atoms with van der Waals surface area (Å²) in [5.74, 6) is 0.757. The van der Waals surface area contributed by atoms with Crippen molar-refractivity contribution in [2.24, 2.45) is 0 Å². The van der Waals surface area contributed by atoms with Crippen molar-refractivity contribution < 1.29 is 4.79 Å². The maximum absolute atomic E-state index is 12.6. The normalized spacial score (nSPS) is 11.0. The predicted octanol–water partition coefficient (Wildman–Crippen LogP) is 4.39. The van der Waals surface area contributed by atoms with E-state index >= 15 is 0 Å². The Morgan fingerprint density at radius 1 is 1.00 bits per heavy atom. The second-order valence-electron chi connectivity index (χ2n) is 7.19. The van der Waals surface area contributed by atoms with E-state index in [2.05, 4.69) is 53.6 Å². The second-order valence-corrected chi connectivity index (χ2v) is 8.13. The minimum Gasteiger partial charge on any atom is -0.354 e. The van der Waals surface area contributed by atoms with Gasteiger partial charge in [0, 0.05) is 18.5 Å². The van der Waals surface area contributed by atoms with Crippen LogP contribution >= 0.6 is 11.8 Å². The van der Waals surface area contributed by atoms with Gasteiger partial charge < -0.3 is 5.32 Å². The number of carbonyl (C=O) groups is 1. The van der Waals surface area contributed by atoms with E-state index in [0.29, 0.717) is 6.54 Å². The smallest absolute Gasteiger partial charge is 0.240 e. The molecule has 0 saturated carbocycles. The fourth-order valence-corrected chi connectivity index (χ4v) is 4.17. The van der Waals surface area contributed by atoms with Crippen LogP contribution in [0.4, 0.5) is 0 Å². The number of pyridine rings is 1. The number of aromatic nitrogens is 3. The SMILES string of the molecule is Cc1ccc(CSc2nc3cccnc3n2CC(=O)NCCc2ccccc2)cc1. The van der Waals surface area contributed by atoms with Crippen molar-refractivity contribution in [1.82, 2.24) is 19.9 Å². The Bertz CT molecular complexity index is 1120. The van der Waals surface area contributed by atoms with E-state index < -0.39 is 0 Å². The Hall–Kier alpha value is -3.12. The highest BCUT2D eigenvalue weighted by Crippen LogP contribution is 2.26. The van der Waals surface area contributed by atoms with E-state index in [4.69, 9.17) is 4.98 Å². The molecule has 1 amide bonds. The maximum Gasteiger partial charge on any atom is 0.240 e. The average Bonchev–Trinajstić information content (AvgIpc) is 3.11. The van der Waals surface area contributed by atoms with Gasteiger partial charge in [-0.25, -0.2) is 9.97 Å². The Kier molecular flexibility index (Phi) is 6.44. The lowest BCUT2D eigenvalue weighted by Crippen LogP contribution is -2.29. The molecule has 0 atom stereocenters. The van der Waals surface area contributed by atoms with E-state index in [-0.39, 0.29) is 12.5 Å². The Labute approximate surface area is 180 Å². The highest BCUT2D eigenvalue weighted by Gasteiger charge is 2.15. The molecule has 5 nitrogen and oxygen atoms in total. The zero-order valence-corrected chi connectivity index (χ0v) is 17.7. The van der Waals surface area contributed by atoms with Crippen LogP contribution in [-0.4, -0.2) is 27.0 Å². The van der Waals surface area contributed by atoms with Crippen molar-refractivity contribution in [3.05, 3.63) is 89.6 Å². The maximum atomic E-state index is 12.6. The van der Waals surface area contributed by atoms with Gasteiger partial charge in [-0.15, -0.1) is 0 Å². The molecule has 1 N–H and O–H groups in total. The number of nitrogens with zero attached hydrogens (tertiary/aromatic N) is 3. The molecule has 0 fully saturated rings. The van der Waals surface area contributed by atoms with Gasteiger partial charge in [-0.05, 0) is 36.6 Å². The van der Waals surface area contributed by atoms with Gasteiger partial charge in [0.25, 0.3) is 0 Å². The van der Waals surface area contributed by atoms with Crippen LogP contribution in [0.1, 0.15) is 16.7 Å². The Morgan fingerprint density at radius 2 is 1.80 bits per heavy atom. The summed E-state index contributed by atoms with van der Waals surface area (Å²) in [4.78, 5) is 21.8. The van der Waals surface area contributed by atoms with E-state index in [1.807, 2.05) is 34.9 Å². The Morgan fingerprint density at radius 3 is 2.60 bits per heavy atom. The molecule has 2 aromatic heterocycles. The van der Waals surface area contributed by atoms with Gasteiger partial charge in [0.2, 0.25) is 5.91 Å². The van der Waals surface area contributed by atoms with Crippen molar-refractivity contribution in [3.63, 3.8) is 0 Å². The summed E-state index contributed by atoms with van der Waals surface area (Å²) < 4.78 is 1.91. The fraction of sp³-hybridized carbons (Fsp3) is 0.208. The molecule has 2 aromatic carbocycles. The lowest BCUT2D eigenvalue weighted by atomic mass is 10.1. The molecule has 0 spiro atoms. The van der Waals surface area contributed by atoms with Crippen LogP contribution in [0.2, 0.25) is 0 Å². The molecular weight excluding hydrogens is 392 g/mol. The molecule has 6 heteroatoms. The molecule has 4 rings (SSSR count). The predicted molar refractivity (Wildman–Crippen MR) is 121 cm³/mol. The molecule has 0 aliphatic rings. The lowest BCUT2D eigenvalue weighted by molar-refractivity contribution is -0.121. The monoisotopic (exact) mass is 416 g/mol. The van der Waals surface area contributed by atoms with E-state index in [1.165, 1.54) is 16.7 Å². The van der Waals surface area contributed by atoms with E-state index in [9.17, 15) is 4.79 Å². The highest BCUT2D eigenvalue weighted by atomic mass is 32.2. The van der Waals surface area contributed by atoms with Gasteiger partial charge in [-0.3, -0.25) is 9.36 Å². The largest absolute Gasteiger partial charge is 0.354 e. The third-order valence-corrected chi connectivity index (χ3v) is 5.89. The van der Waals surface area contributed by atoms with E-state index in [0.717, 1.165) is 28.5 Å². The number of thioether (sulfide) groups is 1. The summed E-state index contributed by atoms with van der Waals surface area (Å²) >= 11 is 1.63. The minimum absolute atomic E-state index is 0.0342. The van der Waals surface area contributed by atoms with Crippen molar-refractivity contribution >= 4 is 28.8 Å². The summed E-state index contributed by atoms with van der Waals surface area (Å²) in [5.41, 5.74) is 5.22. The quantitative estimate of drug-likeness (QED) is 0.433. The third-order valence-electron chi connectivity index (χ3n) is 4.84. The summed E-state index contributed by atoms with van der Waals surface area (Å²) in [7, 11) is 0. The number of fused-ring (bicyclic) bond motifs is 1. The molecule has 0 aliphatic heterocycles. The van der Waals surface area contributed by atoms with Gasteiger partial charge in [-0.2, -0.15) is 0 Å². The number of hydrogen-bond donors (Lipinski definition) is 1. The first-order valence-corrected chi connectivity index (χ1v) is 11.0. The van der Waals surface area contributed by atoms with Crippen LogP contribution in [0, 0.1) is 6.92 Å². The molecule has 0 bridgehead atoms. The molecule has 30 heavy (non-hydrogen) atoms. The molecule has 4 aromatic rings. The van der Waals surface area contributed by atoms with Crippen LogP contribution in [0.25, 0.3) is 11.2 Å². The van der Waals surface area contributed by atoms with Crippen molar-refractivity contribution in [1.29, 1.82) is 0 Å². The molecule has 152 valence electrons. The number of benzene rings is 2. The van der Waals surface area contributed by atoms with Crippen LogP contribution in [0.5, 0.6) is 0 Å². The van der Waals surface area contributed by atoms with Crippen molar-refractivity contribution in [3.8, 4) is 0 Å². The number of aryl methyl sites for hydroxylation is 1. The number of rotatable bonds is 8. The number of imidazole rings is 1. The molecule has 0 saturated heterocycles. The summed E-state index contributed by atoms with van der Waals surface area (Å²) in [6.45, 7) is 2.89. The standard InChI is InChI=1S/C24H24N4OS/c1-18-9-11-20(12-10-18)17-30-24-27-21-8-5-14-26-23(21)28(24)16-22(29)25-15-13-19-6-3-2-4-7-19/h2-12,14H,13,15-17H2,1H3,(H,25,29). The number of nitrogens with one attached hydrogen (secondary N) is 1. The molecule has 2 heterocycles. The summed E-state index contributed by atoms with van der Waals surface area (Å²) in [5, 5.41) is 3.82. The first-order valence-electron chi connectivity index (χ1n) is 9.99. The van der Waals surface area contributed by atoms with Crippen molar-refractivity contribution in [2.75, 3.05) is 6.54 Å². The summed E-state index contributed by atoms with van der Waals surface area (Å²) in [6.07, 6.45) is 2.55. The summed E-state index contributed by atoms with van der Waals surface area (Å²) in [6, 6.07) is 22.4. The van der Waals surface area contributed by atoms with Crippen LogP contribution in [0.3, 0.4) is 0 Å². The third kappa shape index (κ3) is 5.07. The van der Waals surface area contributed by atoms with Gasteiger partial charge in [0.15, 0.2) is 10.8 Å². The van der Waals surface area contributed by atoms with Crippen molar-refractivity contribution in [2.45, 2.75) is 30.8 Å². The average molecular weight is 417 g/mol. The topological polar surface area (TPSA) is 59.8 Å². The second kappa shape index (κ2) is 9.59. The first kappa shape index (κ1) is 20.2.